The van der Waals surface area contributed by atoms with Crippen molar-refractivity contribution in [2.75, 3.05) is 0 Å². The van der Waals surface area contributed by atoms with Gasteiger partial charge in [-0.15, -0.1) is 28.1 Å². The summed E-state index contributed by atoms with van der Waals surface area (Å²) in [5.74, 6) is 0. The Morgan fingerprint density at radius 3 is 0.398 bits per heavy atom. The first-order valence-corrected chi connectivity index (χ1v) is 79.3. The van der Waals surface area contributed by atoms with Crippen molar-refractivity contribution in [3.8, 4) is 0 Å². The van der Waals surface area contributed by atoms with Crippen molar-refractivity contribution in [1.82, 2.24) is 0 Å². The molecule has 14 aromatic rings. The molecule has 0 spiro atoms. The molecule has 0 saturated carbocycles. The Labute approximate surface area is 833 Å². The van der Waals surface area contributed by atoms with Gasteiger partial charge in [0.2, 0.25) is 0 Å². The summed E-state index contributed by atoms with van der Waals surface area (Å²) < 4.78 is 24.7. The molecule has 4 nitrogen and oxygen atoms in total. The average Bonchev–Trinajstić information content (AvgIpc) is 1.57. The maximum atomic E-state index is 5.87. The minimum Gasteiger partial charge on any atom is -0.625 e. The topological polar surface area (TPSA) is 56.4 Å². The summed E-state index contributed by atoms with van der Waals surface area (Å²) >= 11 is 0. The summed E-state index contributed by atoms with van der Waals surface area (Å²) in [6.07, 6.45) is 0. The molecule has 0 atom stereocenters. The molecule has 0 amide bonds. The summed E-state index contributed by atoms with van der Waals surface area (Å²) in [7, 11) is -14.5. The fraction of sp³-hybridized carbons (Fsp3) is 0.189. The first-order chi connectivity index (χ1) is 60.2. The monoisotopic (exact) mass is 2410 g/mol. The summed E-state index contributed by atoms with van der Waals surface area (Å²) in [6, 6.07) is 156. The Morgan fingerprint density at radius 1 is 0.188 bits per heavy atom. The molecule has 2 aliphatic heterocycles. The first-order valence-electron chi connectivity index (χ1n) is 43.6. The molecule has 0 bridgehead atoms. The molecule has 0 aliphatic carbocycles. The van der Waals surface area contributed by atoms with Gasteiger partial charge in [0, 0.05) is 0 Å². The average molecular weight is 2410 g/mol. The second kappa shape index (κ2) is 49.4. The second-order valence-corrected chi connectivity index (χ2v) is 95.4. The van der Waals surface area contributed by atoms with Gasteiger partial charge >= 0.3 is 62.2 Å². The third-order valence-corrected chi connectivity index (χ3v) is 85.7. The van der Waals surface area contributed by atoms with E-state index in [1.54, 1.807) is 52.7 Å². The maximum absolute atomic E-state index is 5.87. The minimum absolute atomic E-state index is 0. The van der Waals surface area contributed by atoms with Crippen LogP contribution in [0.5, 0.6) is 0 Å². The Hall–Kier alpha value is -4.33. The van der Waals surface area contributed by atoms with Crippen molar-refractivity contribution in [3.05, 3.63) is 456 Å². The normalized spacial score (nSPS) is 15.2. The van der Waals surface area contributed by atoms with Gasteiger partial charge in [-0.25, -0.2) is 0 Å². The zero-order chi connectivity index (χ0) is 90.1. The van der Waals surface area contributed by atoms with Crippen LogP contribution < -0.4 is 63.7 Å². The van der Waals surface area contributed by atoms with E-state index < -0.39 is 93.1 Å². The van der Waals surface area contributed by atoms with Crippen molar-refractivity contribution in [2.24, 2.45) is 0 Å². The van der Waals surface area contributed by atoms with E-state index in [4.69, 9.17) is 19.0 Å². The van der Waals surface area contributed by atoms with E-state index in [-0.39, 0.29) is 62.2 Å². The second-order valence-electron chi connectivity index (χ2n) is 37.3. The largest absolute Gasteiger partial charge is 2.00 e. The van der Waals surface area contributed by atoms with Gasteiger partial charge in [-0.2, -0.15) is 10.3 Å². The van der Waals surface area contributed by atoms with Gasteiger partial charge in [0.15, 0.2) is 8.52 Å². The summed E-state index contributed by atoms with van der Waals surface area (Å²) in [5, 5.41) is 25.2. The summed E-state index contributed by atoms with van der Waals surface area (Å²) in [6.45, 7) is 43.4. The third-order valence-electron chi connectivity index (χ3n) is 20.4. The Bertz CT molecular complexity index is 5070. The summed E-state index contributed by atoms with van der Waals surface area (Å²) in [4.78, 5) is 0. The molecule has 2 aliphatic rings. The van der Waals surface area contributed by atoms with Crippen LogP contribution in [0.2, 0.25) is 118 Å². The number of nitrogens with zero attached hydrogens (tertiary/aromatic N) is 4. The third kappa shape index (κ3) is 29.8. The summed E-state index contributed by atoms with van der Waals surface area (Å²) in [5.41, 5.74) is 0. The van der Waals surface area contributed by atoms with Gasteiger partial charge < -0.3 is 19.0 Å². The van der Waals surface area contributed by atoms with Crippen LogP contribution in [0.15, 0.2) is 437 Å². The molecule has 0 aromatic heterocycles. The molecule has 0 N–H and O–H groups in total. The quantitative estimate of drug-likeness (QED) is 0.0428. The molecule has 0 radical (unpaired) electrons. The van der Waals surface area contributed by atoms with Crippen molar-refractivity contribution < 1.29 is 62.2 Å². The fourth-order valence-corrected chi connectivity index (χ4v) is 87.1. The van der Waals surface area contributed by atoms with Crippen molar-refractivity contribution in [3.63, 3.8) is 0 Å². The Kier molecular flexibility index (Phi) is 41.4. The van der Waals surface area contributed by atoms with Crippen LogP contribution in [0.1, 0.15) is 0 Å². The van der Waals surface area contributed by atoms with Gasteiger partial charge in [-0.05, 0) is 122 Å². The maximum Gasteiger partial charge on any atom is 2.00 e. The van der Waals surface area contributed by atoms with Gasteiger partial charge in [0.05, 0.1) is 37.1 Å². The molecule has 0 unspecified atom stereocenters. The van der Waals surface area contributed by atoms with Crippen LogP contribution in [0.4, 0.5) is 0 Å². The molecule has 22 heteroatoms. The van der Waals surface area contributed by atoms with E-state index in [9.17, 15) is 0 Å². The van der Waals surface area contributed by atoms with E-state index in [2.05, 4.69) is 492 Å². The van der Waals surface area contributed by atoms with Crippen LogP contribution >= 0.6 is 75.5 Å². The van der Waals surface area contributed by atoms with E-state index in [1.807, 2.05) is 72.8 Å². The van der Waals surface area contributed by atoms with Crippen LogP contribution in [-0.4, -0.2) is 68.0 Å². The standard InChI is InChI=1S/2C31H38N2P2Si2.2C16H19P3Si.2C6H6.2U/c2*1-36(2,3)32-34(28-19-11-7-12-20-28,29-21-13-8-14-22-29)27-35(33-37(4,5)6,30-23-15-9-16-24-30)31-25-17-10-18-26-31;2*1-20(2,3)16(17-18-16)19(14-10-6-4-7-11-14)15-12-8-5-9-13-15;2*1-2-4-6-5-3-1;;/h2*7-26H,1-6H3;2*4-13H,1-3H3;2*1-6H;;/q2*-2;;;;;2*+2/p+2. The molecule has 14 aromatic carbocycles. The molecule has 128 heavy (non-hydrogen) atoms. The predicted octanol–water partition coefficient (Wildman–Crippen LogP) is 30.2. The molecule has 652 valence electrons. The zero-order valence-electron chi connectivity index (χ0n) is 77.9. The zero-order valence-corrected chi connectivity index (χ0v) is 101. The molecular formula is C106H128N4P10Si6U2+2. The molecule has 2 heterocycles. The van der Waals surface area contributed by atoms with Crippen LogP contribution in [0.25, 0.3) is 19.0 Å². The number of benzene rings is 14. The molecule has 16 rings (SSSR count). The number of hydrogen-bond donors (Lipinski definition) is 0. The molecule has 0 fully saturated rings. The van der Waals surface area contributed by atoms with E-state index in [0.29, 0.717) is 8.52 Å². The van der Waals surface area contributed by atoms with Crippen LogP contribution in [0.3, 0.4) is 0 Å². The van der Waals surface area contributed by atoms with Crippen LogP contribution in [0, 0.1) is 62.2 Å². The Morgan fingerprint density at radius 2 is 0.297 bits per heavy atom. The van der Waals surface area contributed by atoms with Gasteiger partial charge in [-0.1, -0.05) is 539 Å². The SMILES string of the molecule is C[Si](C)(C)C1([PH+](c2ccccc2)c2ccccc2)P=P1.C[Si](C)(C)C1([PH+](c2ccccc2)c2ccccc2)P=P1.C[Si](C)(C)[N-]P(=C=P([N-][Si](C)(C)C)(c1ccccc1)c1ccccc1)(c1ccccc1)c1ccccc1.C[Si](C)(C)[N-]P(=C=P([N-][Si](C)(C)C)(c1ccccc1)c1ccccc1)(c1ccccc1)c1ccccc1.[U+2].[U+2].c1ccccc1.c1ccccc1. The predicted molar refractivity (Wildman–Crippen MR) is 607 cm³/mol. The number of hydrogen-bond acceptors (Lipinski definition) is 0. The number of rotatable bonds is 24. The fourth-order valence-electron chi connectivity index (χ4n) is 15.0. The van der Waals surface area contributed by atoms with E-state index in [0.717, 1.165) is 0 Å². The van der Waals surface area contributed by atoms with E-state index in [1.165, 1.54) is 42.4 Å². The molecule has 0 saturated heterocycles. The Balaban J connectivity index is 0.000000188. The van der Waals surface area contributed by atoms with Crippen molar-refractivity contribution in [1.29, 1.82) is 0 Å². The van der Waals surface area contributed by atoms with Gasteiger partial charge in [-0.3, -0.25) is 0 Å². The van der Waals surface area contributed by atoms with Crippen molar-refractivity contribution in [2.45, 2.75) is 126 Å². The van der Waals surface area contributed by atoms with Gasteiger partial charge in [0.25, 0.3) is 0 Å². The molecular weight excluding hydrogens is 2280 g/mol. The van der Waals surface area contributed by atoms with Crippen molar-refractivity contribution >= 4 is 199 Å². The smallest absolute Gasteiger partial charge is 0.625 e. The van der Waals surface area contributed by atoms with Crippen LogP contribution in [-0.2, 0) is 0 Å². The van der Waals surface area contributed by atoms with E-state index >= 15 is 0 Å². The first kappa shape index (κ1) is 107. The minimum atomic E-state index is -2.45. The van der Waals surface area contributed by atoms with Gasteiger partial charge in [0.1, 0.15) is 16.1 Å².